The SMILES string of the molecule is O=P(CCCCCCCCCCCCP(=O)(c1ccccc1)c1ccccc1)(c1ccccc1)c1ccccc1. The summed E-state index contributed by atoms with van der Waals surface area (Å²) < 4.78 is 28.2. The maximum absolute atomic E-state index is 14.1. The van der Waals surface area contributed by atoms with Gasteiger partial charge in [-0.3, -0.25) is 0 Å². The van der Waals surface area contributed by atoms with Crippen molar-refractivity contribution in [1.82, 2.24) is 0 Å². The molecule has 0 aliphatic heterocycles. The van der Waals surface area contributed by atoms with Gasteiger partial charge in [-0.25, -0.2) is 0 Å². The molecule has 0 aromatic heterocycles. The second-order valence-corrected chi connectivity index (χ2v) is 16.7. The fourth-order valence-corrected chi connectivity index (χ4v) is 11.2. The summed E-state index contributed by atoms with van der Waals surface area (Å²) in [4.78, 5) is 0. The summed E-state index contributed by atoms with van der Waals surface area (Å²) in [5.41, 5.74) is 0. The van der Waals surface area contributed by atoms with Crippen molar-refractivity contribution < 1.29 is 9.13 Å². The van der Waals surface area contributed by atoms with E-state index in [1.807, 2.05) is 121 Å². The minimum Gasteiger partial charge on any atom is -0.314 e. The third kappa shape index (κ3) is 8.42. The van der Waals surface area contributed by atoms with E-state index in [-0.39, 0.29) is 0 Å². The molecule has 40 heavy (non-hydrogen) atoms. The van der Waals surface area contributed by atoms with Crippen LogP contribution in [0.1, 0.15) is 64.2 Å². The van der Waals surface area contributed by atoms with Crippen LogP contribution in [0.25, 0.3) is 0 Å². The molecule has 0 radical (unpaired) electrons. The zero-order valence-electron chi connectivity index (χ0n) is 23.7. The van der Waals surface area contributed by atoms with E-state index in [1.165, 1.54) is 38.5 Å². The molecule has 0 heterocycles. The van der Waals surface area contributed by atoms with Crippen LogP contribution in [0, 0.1) is 0 Å². The molecule has 0 spiro atoms. The summed E-state index contributed by atoms with van der Waals surface area (Å²) in [7, 11) is -5.15. The van der Waals surface area contributed by atoms with Gasteiger partial charge in [-0.2, -0.15) is 0 Å². The molecule has 0 N–H and O–H groups in total. The van der Waals surface area contributed by atoms with E-state index in [4.69, 9.17) is 0 Å². The summed E-state index contributed by atoms with van der Waals surface area (Å²) in [6, 6.07) is 40.1. The van der Waals surface area contributed by atoms with Crippen LogP contribution < -0.4 is 21.2 Å². The highest BCUT2D eigenvalue weighted by molar-refractivity contribution is 7.79. The van der Waals surface area contributed by atoms with Crippen molar-refractivity contribution in [3.63, 3.8) is 0 Å². The summed E-state index contributed by atoms with van der Waals surface area (Å²) in [5.74, 6) is 0. The van der Waals surface area contributed by atoms with Crippen molar-refractivity contribution in [3.8, 4) is 0 Å². The molecular formula is C36H44O2P2. The minimum atomic E-state index is -2.57. The van der Waals surface area contributed by atoms with Crippen LogP contribution in [0.5, 0.6) is 0 Å². The Morgan fingerprint density at radius 2 is 0.500 bits per heavy atom. The predicted octanol–water partition coefficient (Wildman–Crippen LogP) is 8.92. The van der Waals surface area contributed by atoms with Crippen molar-refractivity contribution in [2.24, 2.45) is 0 Å². The molecule has 2 nitrogen and oxygen atoms in total. The molecular weight excluding hydrogens is 526 g/mol. The van der Waals surface area contributed by atoms with Crippen LogP contribution in [0.4, 0.5) is 0 Å². The standard InChI is InChI=1S/C36H44O2P2/c37-39(33-23-13-9-14-24-33,34-25-15-10-16-26-34)31-21-7-5-3-1-2-4-6-8-22-32-40(38,35-27-17-11-18-28-35)36-29-19-12-20-30-36/h9-20,23-30H,1-8,21-22,31-32H2. The number of hydrogen-bond donors (Lipinski definition) is 0. The predicted molar refractivity (Wildman–Crippen MR) is 175 cm³/mol. The number of unbranched alkanes of at least 4 members (excludes halogenated alkanes) is 9. The van der Waals surface area contributed by atoms with Crippen LogP contribution in [0.2, 0.25) is 0 Å². The molecule has 0 saturated carbocycles. The van der Waals surface area contributed by atoms with E-state index in [1.54, 1.807) is 0 Å². The van der Waals surface area contributed by atoms with Gasteiger partial charge in [0.1, 0.15) is 14.3 Å². The Labute approximate surface area is 242 Å². The monoisotopic (exact) mass is 570 g/mol. The molecule has 4 aromatic rings. The van der Waals surface area contributed by atoms with Gasteiger partial charge in [0.25, 0.3) is 0 Å². The number of hydrogen-bond acceptors (Lipinski definition) is 2. The van der Waals surface area contributed by atoms with Gasteiger partial charge in [-0.15, -0.1) is 0 Å². The first-order chi connectivity index (χ1) is 19.6. The quantitative estimate of drug-likeness (QED) is 0.0938. The summed E-state index contributed by atoms with van der Waals surface area (Å²) in [6.45, 7) is 0. The average Bonchev–Trinajstić information content (AvgIpc) is 3.03. The van der Waals surface area contributed by atoms with E-state index in [2.05, 4.69) is 0 Å². The topological polar surface area (TPSA) is 34.1 Å². The maximum atomic E-state index is 14.1. The molecule has 4 heteroatoms. The summed E-state index contributed by atoms with van der Waals surface area (Å²) in [5, 5.41) is 3.91. The van der Waals surface area contributed by atoms with E-state index in [0.717, 1.165) is 59.2 Å². The Kier molecular flexibility index (Phi) is 12.1. The second-order valence-electron chi connectivity index (χ2n) is 10.8. The lowest BCUT2D eigenvalue weighted by Crippen LogP contribution is -2.18. The number of rotatable bonds is 17. The fourth-order valence-electron chi connectivity index (χ4n) is 5.57. The van der Waals surface area contributed by atoms with E-state index >= 15 is 0 Å². The number of benzene rings is 4. The van der Waals surface area contributed by atoms with Crippen LogP contribution in [0.3, 0.4) is 0 Å². The van der Waals surface area contributed by atoms with Crippen molar-refractivity contribution in [2.75, 3.05) is 12.3 Å². The molecule has 0 bridgehead atoms. The Hall–Kier alpha value is -2.66. The maximum Gasteiger partial charge on any atom is 0.143 e. The Morgan fingerprint density at radius 1 is 0.300 bits per heavy atom. The third-order valence-electron chi connectivity index (χ3n) is 7.89. The first kappa shape index (κ1) is 30.3. The van der Waals surface area contributed by atoms with Gasteiger partial charge >= 0.3 is 0 Å². The minimum absolute atomic E-state index is 0.747. The van der Waals surface area contributed by atoms with E-state index in [9.17, 15) is 9.13 Å². The average molecular weight is 571 g/mol. The normalized spacial score (nSPS) is 11.9. The highest BCUT2D eigenvalue weighted by Crippen LogP contribution is 2.45. The molecule has 0 atom stereocenters. The highest BCUT2D eigenvalue weighted by atomic mass is 31.2. The first-order valence-corrected chi connectivity index (χ1v) is 18.8. The zero-order chi connectivity index (χ0) is 27.9. The summed E-state index contributed by atoms with van der Waals surface area (Å²) in [6.07, 6.45) is 13.2. The van der Waals surface area contributed by atoms with Gasteiger partial charge in [0.05, 0.1) is 0 Å². The van der Waals surface area contributed by atoms with Crippen LogP contribution >= 0.6 is 14.3 Å². The van der Waals surface area contributed by atoms with E-state index < -0.39 is 14.3 Å². The van der Waals surface area contributed by atoms with Gasteiger partial charge in [-0.1, -0.05) is 173 Å². The van der Waals surface area contributed by atoms with E-state index in [0.29, 0.717) is 0 Å². The fraction of sp³-hybridized carbons (Fsp3) is 0.333. The first-order valence-electron chi connectivity index (χ1n) is 15.0. The largest absolute Gasteiger partial charge is 0.314 e. The Balaban J connectivity index is 1.12. The van der Waals surface area contributed by atoms with Crippen LogP contribution in [0.15, 0.2) is 121 Å². The van der Waals surface area contributed by atoms with Crippen molar-refractivity contribution in [2.45, 2.75) is 64.2 Å². The second kappa shape index (κ2) is 16.0. The van der Waals surface area contributed by atoms with Crippen molar-refractivity contribution in [1.29, 1.82) is 0 Å². The smallest absolute Gasteiger partial charge is 0.143 e. The lowest BCUT2D eigenvalue weighted by molar-refractivity contribution is 0.556. The molecule has 0 saturated heterocycles. The van der Waals surface area contributed by atoms with Crippen molar-refractivity contribution >= 4 is 35.5 Å². The Bertz CT molecular complexity index is 1140. The molecule has 0 unspecified atom stereocenters. The van der Waals surface area contributed by atoms with Crippen LogP contribution in [-0.4, -0.2) is 12.3 Å². The molecule has 210 valence electrons. The van der Waals surface area contributed by atoms with Crippen molar-refractivity contribution in [3.05, 3.63) is 121 Å². The molecule has 0 amide bonds. The zero-order valence-corrected chi connectivity index (χ0v) is 25.5. The lowest BCUT2D eigenvalue weighted by Gasteiger charge is -2.19. The summed E-state index contributed by atoms with van der Waals surface area (Å²) >= 11 is 0. The lowest BCUT2D eigenvalue weighted by atomic mass is 10.1. The van der Waals surface area contributed by atoms with Gasteiger partial charge < -0.3 is 9.13 Å². The van der Waals surface area contributed by atoms with Crippen LogP contribution in [-0.2, 0) is 9.13 Å². The third-order valence-corrected chi connectivity index (χ3v) is 14.3. The highest BCUT2D eigenvalue weighted by Gasteiger charge is 2.27. The van der Waals surface area contributed by atoms with Gasteiger partial charge in [0.2, 0.25) is 0 Å². The molecule has 0 aliphatic rings. The molecule has 4 aromatic carbocycles. The van der Waals surface area contributed by atoms with Gasteiger partial charge in [-0.05, 0) is 12.8 Å². The van der Waals surface area contributed by atoms with Gasteiger partial charge in [0.15, 0.2) is 0 Å². The molecule has 0 fully saturated rings. The Morgan fingerprint density at radius 3 is 0.725 bits per heavy atom. The van der Waals surface area contributed by atoms with Gasteiger partial charge in [0, 0.05) is 33.5 Å². The molecule has 4 rings (SSSR count). The molecule has 0 aliphatic carbocycles.